The zero-order valence-corrected chi connectivity index (χ0v) is 20.7. The van der Waals surface area contributed by atoms with Gasteiger partial charge in [-0.15, -0.1) is 5.10 Å². The Morgan fingerprint density at radius 3 is 2.37 bits per heavy atom. The Balaban J connectivity index is 1.38. The molecule has 3 aromatic heterocycles. The lowest BCUT2D eigenvalue weighted by Crippen LogP contribution is -2.54. The molecule has 1 aliphatic rings. The van der Waals surface area contributed by atoms with Crippen LogP contribution < -0.4 is 20.6 Å². The number of carbonyl (C=O) groups excluding carboxylic acids is 1. The standard InChI is InChI=1S/C25H24F3N7O3/c1-13-8-20(34-11-14(2)31-15(3)12-34)29-9-18(13)16-4-6-17(7-5-16)22-32-19-10-30-35(21(19)23(36)33-22)38-24(37)25(26,27)28/h4-10,14-15,31H,11-12H2,1-3H3,(H,32,33,36). The fourth-order valence-electron chi connectivity index (χ4n) is 4.60. The van der Waals surface area contributed by atoms with Gasteiger partial charge in [0, 0.05) is 42.5 Å². The summed E-state index contributed by atoms with van der Waals surface area (Å²) < 4.78 is 37.5. The van der Waals surface area contributed by atoms with Crippen LogP contribution in [0.5, 0.6) is 0 Å². The number of aryl methyl sites for hydroxylation is 1. The molecule has 0 spiro atoms. The third kappa shape index (κ3) is 4.96. The number of pyridine rings is 1. The van der Waals surface area contributed by atoms with E-state index < -0.39 is 23.2 Å². The summed E-state index contributed by atoms with van der Waals surface area (Å²) in [4.78, 5) is 41.8. The summed E-state index contributed by atoms with van der Waals surface area (Å²) in [6, 6.07) is 10.1. The number of nitrogens with zero attached hydrogens (tertiary/aromatic N) is 5. The van der Waals surface area contributed by atoms with Crippen LogP contribution in [0.3, 0.4) is 0 Å². The number of fused-ring (bicyclic) bond motifs is 1. The lowest BCUT2D eigenvalue weighted by Gasteiger charge is -2.37. The third-order valence-corrected chi connectivity index (χ3v) is 6.25. The van der Waals surface area contributed by atoms with Crippen molar-refractivity contribution >= 4 is 22.8 Å². The van der Waals surface area contributed by atoms with Crippen molar-refractivity contribution < 1.29 is 22.8 Å². The van der Waals surface area contributed by atoms with Gasteiger partial charge in [0.1, 0.15) is 17.2 Å². The van der Waals surface area contributed by atoms with E-state index in [1.807, 2.05) is 25.3 Å². The third-order valence-electron chi connectivity index (χ3n) is 6.25. The minimum Gasteiger partial charge on any atom is -0.354 e. The maximum Gasteiger partial charge on any atom is 0.493 e. The molecule has 0 amide bonds. The predicted octanol–water partition coefficient (Wildman–Crippen LogP) is 2.86. The summed E-state index contributed by atoms with van der Waals surface area (Å²) in [6.45, 7) is 8.09. The zero-order valence-electron chi connectivity index (χ0n) is 20.7. The van der Waals surface area contributed by atoms with E-state index in [1.54, 1.807) is 12.1 Å². The van der Waals surface area contributed by atoms with Crippen LogP contribution in [0.4, 0.5) is 19.0 Å². The van der Waals surface area contributed by atoms with E-state index in [-0.39, 0.29) is 16.2 Å². The first-order valence-corrected chi connectivity index (χ1v) is 11.9. The van der Waals surface area contributed by atoms with E-state index in [4.69, 9.17) is 4.98 Å². The normalized spacial score (nSPS) is 18.1. The lowest BCUT2D eigenvalue weighted by atomic mass is 10.0. The number of alkyl halides is 3. The number of rotatable bonds is 4. The van der Waals surface area contributed by atoms with Crippen LogP contribution in [0.2, 0.25) is 0 Å². The number of carbonyl (C=O) groups is 1. The van der Waals surface area contributed by atoms with Gasteiger partial charge in [0.25, 0.3) is 5.56 Å². The van der Waals surface area contributed by atoms with E-state index in [9.17, 15) is 22.8 Å². The molecule has 38 heavy (non-hydrogen) atoms. The molecular formula is C25H24F3N7O3. The van der Waals surface area contributed by atoms with E-state index in [2.05, 4.69) is 50.0 Å². The first-order chi connectivity index (χ1) is 18.0. The second-order valence-corrected chi connectivity index (χ2v) is 9.35. The van der Waals surface area contributed by atoms with Crippen molar-refractivity contribution in [2.75, 3.05) is 18.0 Å². The average molecular weight is 528 g/mol. The molecule has 4 heterocycles. The van der Waals surface area contributed by atoms with E-state index in [0.717, 1.165) is 41.8 Å². The highest BCUT2D eigenvalue weighted by Gasteiger charge is 2.42. The first kappa shape index (κ1) is 25.4. The summed E-state index contributed by atoms with van der Waals surface area (Å²) >= 11 is 0. The number of H-pyrrole nitrogens is 1. The van der Waals surface area contributed by atoms with Crippen LogP contribution in [0.15, 0.2) is 47.5 Å². The molecule has 5 rings (SSSR count). The van der Waals surface area contributed by atoms with Gasteiger partial charge in [-0.1, -0.05) is 29.1 Å². The van der Waals surface area contributed by atoms with Gasteiger partial charge in [-0.25, -0.2) is 14.8 Å². The van der Waals surface area contributed by atoms with Gasteiger partial charge >= 0.3 is 12.1 Å². The van der Waals surface area contributed by atoms with Gasteiger partial charge < -0.3 is 20.0 Å². The molecular weight excluding hydrogens is 503 g/mol. The molecule has 4 aromatic rings. The van der Waals surface area contributed by atoms with Crippen molar-refractivity contribution in [1.82, 2.24) is 30.2 Å². The molecule has 2 N–H and O–H groups in total. The fourth-order valence-corrected chi connectivity index (χ4v) is 4.60. The quantitative estimate of drug-likeness (QED) is 0.416. The van der Waals surface area contributed by atoms with Crippen LogP contribution in [0, 0.1) is 6.92 Å². The molecule has 0 bridgehead atoms. The van der Waals surface area contributed by atoms with Crippen LogP contribution in [-0.4, -0.2) is 62.2 Å². The predicted molar refractivity (Wildman–Crippen MR) is 133 cm³/mol. The Kier molecular flexibility index (Phi) is 6.39. The monoisotopic (exact) mass is 527 g/mol. The first-order valence-electron chi connectivity index (χ1n) is 11.9. The Labute approximate surface area is 214 Å². The maximum atomic E-state index is 12.6. The number of piperazine rings is 1. The van der Waals surface area contributed by atoms with E-state index in [1.165, 1.54) is 0 Å². The largest absolute Gasteiger partial charge is 0.493 e. The van der Waals surface area contributed by atoms with Crippen molar-refractivity contribution in [3.8, 4) is 22.5 Å². The highest BCUT2D eigenvalue weighted by molar-refractivity contribution is 5.79. The van der Waals surface area contributed by atoms with Crippen molar-refractivity contribution in [2.45, 2.75) is 39.0 Å². The lowest BCUT2D eigenvalue weighted by molar-refractivity contribution is -0.200. The minimum absolute atomic E-state index is 0.0324. The maximum absolute atomic E-state index is 12.6. The number of aromatic nitrogens is 5. The molecule has 0 saturated carbocycles. The van der Waals surface area contributed by atoms with Gasteiger partial charge in [0.15, 0.2) is 5.52 Å². The Morgan fingerprint density at radius 1 is 1.08 bits per heavy atom. The van der Waals surface area contributed by atoms with Crippen molar-refractivity contribution in [1.29, 1.82) is 0 Å². The molecule has 2 unspecified atom stereocenters. The van der Waals surface area contributed by atoms with Gasteiger partial charge in [0.05, 0.1) is 6.20 Å². The molecule has 10 nitrogen and oxygen atoms in total. The molecule has 1 aliphatic heterocycles. The Morgan fingerprint density at radius 2 is 1.74 bits per heavy atom. The van der Waals surface area contributed by atoms with Crippen molar-refractivity contribution in [3.05, 3.63) is 58.6 Å². The smallest absolute Gasteiger partial charge is 0.354 e. The number of nitrogens with one attached hydrogen (secondary N) is 2. The summed E-state index contributed by atoms with van der Waals surface area (Å²) in [7, 11) is 0. The Bertz CT molecular complexity index is 1550. The number of anilines is 1. The number of halogens is 3. The van der Waals surface area contributed by atoms with Crippen LogP contribution >= 0.6 is 0 Å². The van der Waals surface area contributed by atoms with Crippen LogP contribution in [-0.2, 0) is 4.79 Å². The zero-order chi connectivity index (χ0) is 27.2. The van der Waals surface area contributed by atoms with Crippen molar-refractivity contribution in [3.63, 3.8) is 0 Å². The summed E-state index contributed by atoms with van der Waals surface area (Å²) in [5, 5.41) is 7.05. The van der Waals surface area contributed by atoms with Crippen LogP contribution in [0.1, 0.15) is 19.4 Å². The molecule has 1 saturated heterocycles. The van der Waals surface area contributed by atoms with Gasteiger partial charge in [-0.3, -0.25) is 4.79 Å². The van der Waals surface area contributed by atoms with Crippen LogP contribution in [0.25, 0.3) is 33.5 Å². The minimum atomic E-state index is -5.24. The molecule has 0 aliphatic carbocycles. The molecule has 1 fully saturated rings. The van der Waals surface area contributed by atoms with Gasteiger partial charge in [0.2, 0.25) is 0 Å². The Hall–Kier alpha value is -4.26. The summed E-state index contributed by atoms with van der Waals surface area (Å²) in [6.07, 6.45) is -2.35. The second-order valence-electron chi connectivity index (χ2n) is 9.35. The summed E-state index contributed by atoms with van der Waals surface area (Å²) in [5.74, 6) is -1.39. The van der Waals surface area contributed by atoms with Gasteiger partial charge in [-0.2, -0.15) is 13.2 Å². The number of aromatic amines is 1. The topological polar surface area (TPSA) is 118 Å². The highest BCUT2D eigenvalue weighted by atomic mass is 19.4. The SMILES string of the molecule is Cc1cc(N2CC(C)NC(C)C2)ncc1-c1ccc(-c2nc3cnn(OC(=O)C(F)(F)F)c3c(=O)[nH]2)cc1. The molecule has 1 aromatic carbocycles. The van der Waals surface area contributed by atoms with E-state index in [0.29, 0.717) is 17.6 Å². The van der Waals surface area contributed by atoms with E-state index >= 15 is 0 Å². The summed E-state index contributed by atoms with van der Waals surface area (Å²) in [5.41, 5.74) is 2.25. The molecule has 2 atom stereocenters. The molecule has 198 valence electrons. The van der Waals surface area contributed by atoms with Crippen molar-refractivity contribution in [2.24, 2.45) is 0 Å². The number of hydrogen-bond acceptors (Lipinski definition) is 8. The molecule has 13 heteroatoms. The molecule has 0 radical (unpaired) electrons. The fraction of sp³-hybridized carbons (Fsp3) is 0.320. The highest BCUT2D eigenvalue weighted by Crippen LogP contribution is 2.28. The second kappa shape index (κ2) is 9.56. The van der Waals surface area contributed by atoms with Gasteiger partial charge in [-0.05, 0) is 38.0 Å². The average Bonchev–Trinajstić information content (AvgIpc) is 3.26. The number of hydrogen-bond donors (Lipinski definition) is 2. The number of benzene rings is 1.